The van der Waals surface area contributed by atoms with Gasteiger partial charge in [-0.25, -0.2) is 0 Å². The molecule has 4 nitrogen and oxygen atoms in total. The van der Waals surface area contributed by atoms with Gasteiger partial charge in [-0.15, -0.1) is 0 Å². The van der Waals surface area contributed by atoms with Crippen LogP contribution >= 0.6 is 0 Å². The topological polar surface area (TPSA) is 46.6 Å². The fraction of sp³-hybridized carbons (Fsp3) is 0.385. The molecule has 90 valence electrons. The van der Waals surface area contributed by atoms with Gasteiger partial charge < -0.3 is 4.74 Å². The summed E-state index contributed by atoms with van der Waals surface area (Å²) < 4.78 is 5.10. The maximum absolute atomic E-state index is 12.0. The van der Waals surface area contributed by atoms with Crippen molar-refractivity contribution in [2.75, 3.05) is 14.2 Å². The van der Waals surface area contributed by atoms with Crippen LogP contribution < -0.4 is 4.74 Å². The lowest BCUT2D eigenvalue weighted by Gasteiger charge is -2.35. The molecule has 17 heavy (non-hydrogen) atoms. The number of carbonyl (C=O) groups is 2. The van der Waals surface area contributed by atoms with Crippen LogP contribution in [0.1, 0.15) is 29.8 Å². The highest BCUT2D eigenvalue weighted by Crippen LogP contribution is 2.35. The molecule has 0 radical (unpaired) electrons. The van der Waals surface area contributed by atoms with E-state index in [1.165, 1.54) is 11.9 Å². The van der Waals surface area contributed by atoms with Crippen LogP contribution in [0.25, 0.3) is 0 Å². The fourth-order valence-electron chi connectivity index (χ4n) is 2.18. The van der Waals surface area contributed by atoms with Gasteiger partial charge in [0.25, 0.3) is 5.91 Å². The Morgan fingerprint density at radius 3 is 2.47 bits per heavy atom. The van der Waals surface area contributed by atoms with E-state index < -0.39 is 5.41 Å². The maximum Gasteiger partial charge on any atom is 0.260 e. The standard InChI is InChI=1S/C13H15NO3/c1-13(2)10-6-5-8(17-4)7-9(10)11(15)14(3)12(13)16/h5-7H,1-4H3. The number of hydrogen-bond donors (Lipinski definition) is 0. The number of hydrogen-bond acceptors (Lipinski definition) is 3. The summed E-state index contributed by atoms with van der Waals surface area (Å²) in [7, 11) is 3.06. The van der Waals surface area contributed by atoms with Crippen LogP contribution in [0, 0.1) is 0 Å². The Morgan fingerprint density at radius 1 is 1.24 bits per heavy atom. The van der Waals surface area contributed by atoms with E-state index in [1.807, 2.05) is 13.8 Å². The molecule has 2 amide bonds. The highest BCUT2D eigenvalue weighted by Gasteiger charge is 2.42. The zero-order valence-corrected chi connectivity index (χ0v) is 10.4. The largest absolute Gasteiger partial charge is 0.497 e. The van der Waals surface area contributed by atoms with E-state index in [9.17, 15) is 9.59 Å². The third-order valence-corrected chi connectivity index (χ3v) is 3.27. The van der Waals surface area contributed by atoms with Gasteiger partial charge in [-0.05, 0) is 31.5 Å². The lowest BCUT2D eigenvalue weighted by Crippen LogP contribution is -2.49. The van der Waals surface area contributed by atoms with Crippen molar-refractivity contribution in [1.82, 2.24) is 4.90 Å². The number of amides is 2. The molecule has 0 atom stereocenters. The lowest BCUT2D eigenvalue weighted by molar-refractivity contribution is -0.133. The van der Waals surface area contributed by atoms with E-state index in [2.05, 4.69) is 0 Å². The Balaban J connectivity index is 2.68. The summed E-state index contributed by atoms with van der Waals surface area (Å²) in [6.45, 7) is 3.65. The number of imide groups is 1. The molecule has 1 aliphatic rings. The van der Waals surface area contributed by atoms with Crippen LogP contribution in [0.2, 0.25) is 0 Å². The Bertz CT molecular complexity index is 505. The molecule has 1 aromatic carbocycles. The number of methoxy groups -OCH3 is 1. The summed E-state index contributed by atoms with van der Waals surface area (Å²) in [5.74, 6) is 0.166. The summed E-state index contributed by atoms with van der Waals surface area (Å²) in [4.78, 5) is 25.2. The van der Waals surface area contributed by atoms with Crippen molar-refractivity contribution < 1.29 is 14.3 Å². The number of likely N-dealkylation sites (N-methyl/N-ethyl adjacent to an activating group) is 1. The highest BCUT2D eigenvalue weighted by atomic mass is 16.5. The van der Waals surface area contributed by atoms with Crippen LogP contribution in [0.3, 0.4) is 0 Å². The third kappa shape index (κ3) is 1.52. The molecule has 0 saturated carbocycles. The molecule has 1 aliphatic heterocycles. The second-order valence-electron chi connectivity index (χ2n) is 4.71. The van der Waals surface area contributed by atoms with Gasteiger partial charge in [0.05, 0.1) is 12.5 Å². The zero-order valence-electron chi connectivity index (χ0n) is 10.4. The summed E-state index contributed by atoms with van der Waals surface area (Å²) in [5, 5.41) is 0. The van der Waals surface area contributed by atoms with Crippen molar-refractivity contribution in [3.8, 4) is 5.75 Å². The molecule has 4 heteroatoms. The second-order valence-corrected chi connectivity index (χ2v) is 4.71. The third-order valence-electron chi connectivity index (χ3n) is 3.27. The van der Waals surface area contributed by atoms with Crippen LogP contribution in [0.5, 0.6) is 5.75 Å². The van der Waals surface area contributed by atoms with Crippen LogP contribution in [-0.4, -0.2) is 30.9 Å². The molecule has 1 aromatic rings. The average molecular weight is 233 g/mol. The molecular weight excluding hydrogens is 218 g/mol. The lowest BCUT2D eigenvalue weighted by atomic mass is 9.77. The minimum atomic E-state index is -0.676. The van der Waals surface area contributed by atoms with Gasteiger partial charge >= 0.3 is 0 Å². The number of benzene rings is 1. The minimum Gasteiger partial charge on any atom is -0.497 e. The van der Waals surface area contributed by atoms with Crippen molar-refractivity contribution in [3.05, 3.63) is 29.3 Å². The quantitative estimate of drug-likeness (QED) is 0.692. The zero-order chi connectivity index (χ0) is 12.8. The van der Waals surface area contributed by atoms with Crippen molar-refractivity contribution >= 4 is 11.8 Å². The molecule has 1 heterocycles. The number of carbonyl (C=O) groups excluding carboxylic acids is 2. The normalized spacial score (nSPS) is 18.0. The second kappa shape index (κ2) is 3.58. The summed E-state index contributed by atoms with van der Waals surface area (Å²) in [5.41, 5.74) is 0.618. The summed E-state index contributed by atoms with van der Waals surface area (Å²) in [6.07, 6.45) is 0. The summed E-state index contributed by atoms with van der Waals surface area (Å²) >= 11 is 0. The van der Waals surface area contributed by atoms with Crippen LogP contribution in [-0.2, 0) is 10.2 Å². The maximum atomic E-state index is 12.0. The van der Waals surface area contributed by atoms with E-state index in [0.29, 0.717) is 11.3 Å². The van der Waals surface area contributed by atoms with Gasteiger partial charge in [-0.1, -0.05) is 6.07 Å². The van der Waals surface area contributed by atoms with Gasteiger partial charge in [-0.3, -0.25) is 14.5 Å². The molecule has 0 aliphatic carbocycles. The van der Waals surface area contributed by atoms with E-state index in [4.69, 9.17) is 4.74 Å². The predicted octanol–water partition coefficient (Wildman–Crippen LogP) is 1.58. The Labute approximate surface area is 100 Å². The van der Waals surface area contributed by atoms with Crippen molar-refractivity contribution in [2.45, 2.75) is 19.3 Å². The van der Waals surface area contributed by atoms with Crippen molar-refractivity contribution in [1.29, 1.82) is 0 Å². The van der Waals surface area contributed by atoms with E-state index >= 15 is 0 Å². The van der Waals surface area contributed by atoms with Crippen molar-refractivity contribution in [3.63, 3.8) is 0 Å². The smallest absolute Gasteiger partial charge is 0.260 e. The van der Waals surface area contributed by atoms with Crippen molar-refractivity contribution in [2.24, 2.45) is 0 Å². The molecule has 0 spiro atoms. The number of rotatable bonds is 1. The van der Waals surface area contributed by atoms with Gasteiger partial charge in [0.1, 0.15) is 5.75 Å². The van der Waals surface area contributed by atoms with Gasteiger partial charge in [0.2, 0.25) is 5.91 Å². The van der Waals surface area contributed by atoms with E-state index in [1.54, 1.807) is 25.3 Å². The van der Waals surface area contributed by atoms with Gasteiger partial charge in [-0.2, -0.15) is 0 Å². The first-order valence-electron chi connectivity index (χ1n) is 5.40. The number of ether oxygens (including phenoxy) is 1. The molecule has 2 rings (SSSR count). The predicted molar refractivity (Wildman–Crippen MR) is 63.1 cm³/mol. The molecule has 0 unspecified atom stereocenters. The van der Waals surface area contributed by atoms with Crippen LogP contribution in [0.4, 0.5) is 0 Å². The Kier molecular flexibility index (Phi) is 2.45. The first-order valence-corrected chi connectivity index (χ1v) is 5.40. The van der Waals surface area contributed by atoms with E-state index in [0.717, 1.165) is 5.56 Å². The first kappa shape index (κ1) is 11.6. The molecule has 0 bridgehead atoms. The summed E-state index contributed by atoms with van der Waals surface area (Å²) in [6, 6.07) is 5.24. The minimum absolute atomic E-state index is 0.180. The average Bonchev–Trinajstić information content (AvgIpc) is 2.33. The molecule has 0 N–H and O–H groups in total. The molecule has 0 saturated heterocycles. The number of fused-ring (bicyclic) bond motifs is 1. The molecular formula is C13H15NO3. The SMILES string of the molecule is COc1ccc2c(c1)C(=O)N(C)C(=O)C2(C)C. The molecule has 0 aromatic heterocycles. The number of nitrogens with zero attached hydrogens (tertiary/aromatic N) is 1. The fourth-order valence-corrected chi connectivity index (χ4v) is 2.18. The monoisotopic (exact) mass is 233 g/mol. The van der Waals surface area contributed by atoms with Crippen LogP contribution in [0.15, 0.2) is 18.2 Å². The van der Waals surface area contributed by atoms with E-state index in [-0.39, 0.29) is 11.8 Å². The van der Waals surface area contributed by atoms with Gasteiger partial charge in [0.15, 0.2) is 0 Å². The first-order chi connectivity index (χ1) is 7.89. The van der Waals surface area contributed by atoms with Gasteiger partial charge in [0, 0.05) is 12.6 Å². The Hall–Kier alpha value is -1.84. The highest BCUT2D eigenvalue weighted by molar-refractivity contribution is 6.12. The Morgan fingerprint density at radius 2 is 1.88 bits per heavy atom. The molecule has 0 fully saturated rings.